The van der Waals surface area contributed by atoms with Crippen molar-refractivity contribution in [3.8, 4) is 0 Å². The summed E-state index contributed by atoms with van der Waals surface area (Å²) in [7, 11) is 2.06. The fraction of sp³-hybridized carbons (Fsp3) is 0.679. The van der Waals surface area contributed by atoms with Crippen LogP contribution in [0.15, 0.2) is 29.8 Å². The molecule has 1 aromatic carbocycles. The van der Waals surface area contributed by atoms with Crippen molar-refractivity contribution in [1.29, 1.82) is 0 Å². The molecule has 4 fully saturated rings. The summed E-state index contributed by atoms with van der Waals surface area (Å²) < 4.78 is 0. The second-order valence-corrected chi connectivity index (χ2v) is 12.0. The van der Waals surface area contributed by atoms with Crippen molar-refractivity contribution in [3.63, 3.8) is 0 Å². The number of carbonyl (C=O) groups excluding carboxylic acids is 1. The predicted molar refractivity (Wildman–Crippen MR) is 129 cm³/mol. The van der Waals surface area contributed by atoms with E-state index in [1.165, 1.54) is 44.1 Å². The minimum atomic E-state index is 0.319. The molecule has 0 radical (unpaired) electrons. The zero-order valence-corrected chi connectivity index (χ0v) is 20.4. The smallest absolute Gasteiger partial charge is 0.222 e. The molecule has 7 atom stereocenters. The molecule has 1 aliphatic heterocycles. The number of carbonyl (C=O) groups is 1. The Morgan fingerprint density at radius 3 is 2.45 bits per heavy atom. The molecule has 4 aliphatic rings. The van der Waals surface area contributed by atoms with Gasteiger partial charge in [0.1, 0.15) is 0 Å². The van der Waals surface area contributed by atoms with Gasteiger partial charge < -0.3 is 4.90 Å². The summed E-state index contributed by atoms with van der Waals surface area (Å²) in [6, 6.07) is 8.73. The van der Waals surface area contributed by atoms with Crippen LogP contribution in [0, 0.1) is 34.5 Å². The van der Waals surface area contributed by atoms with Crippen molar-refractivity contribution >= 4 is 23.6 Å². The Bertz CT molecular complexity index is 891. The fourth-order valence-corrected chi connectivity index (χ4v) is 8.95. The largest absolute Gasteiger partial charge is 0.342 e. The van der Waals surface area contributed by atoms with Gasteiger partial charge in [-0.3, -0.25) is 4.79 Å². The third-order valence-corrected chi connectivity index (χ3v) is 10.6. The predicted octanol–water partition coefficient (Wildman–Crippen LogP) is 7.22. The fourth-order valence-electron chi connectivity index (χ4n) is 8.82. The normalized spacial score (nSPS) is 42.7. The molecular formula is C28H38ClNO. The van der Waals surface area contributed by atoms with Crippen molar-refractivity contribution in [2.75, 3.05) is 7.05 Å². The highest BCUT2D eigenvalue weighted by atomic mass is 35.5. The van der Waals surface area contributed by atoms with Crippen LogP contribution < -0.4 is 0 Å². The van der Waals surface area contributed by atoms with Gasteiger partial charge in [-0.15, -0.1) is 0 Å². The van der Waals surface area contributed by atoms with Crippen LogP contribution in [0.5, 0.6) is 0 Å². The lowest BCUT2D eigenvalue weighted by atomic mass is 9.46. The maximum atomic E-state index is 12.4. The molecule has 1 aromatic rings. The molecule has 0 bridgehead atoms. The number of likely N-dealkylation sites (tertiary alicyclic amines) is 1. The Labute approximate surface area is 193 Å². The number of nitrogens with zero attached hydrogens (tertiary/aromatic N) is 1. The van der Waals surface area contributed by atoms with Gasteiger partial charge in [0.25, 0.3) is 0 Å². The Morgan fingerprint density at radius 1 is 1.00 bits per heavy atom. The first kappa shape index (κ1) is 21.6. The van der Waals surface area contributed by atoms with Gasteiger partial charge in [0.15, 0.2) is 0 Å². The number of hydrogen-bond acceptors (Lipinski definition) is 1. The van der Waals surface area contributed by atoms with Crippen molar-refractivity contribution in [1.82, 2.24) is 4.90 Å². The second-order valence-electron chi connectivity index (χ2n) is 11.6. The first-order chi connectivity index (χ1) is 14.7. The van der Waals surface area contributed by atoms with Gasteiger partial charge in [-0.2, -0.15) is 0 Å². The van der Waals surface area contributed by atoms with Gasteiger partial charge in [0.2, 0.25) is 5.91 Å². The third-order valence-electron chi connectivity index (χ3n) is 10.4. The van der Waals surface area contributed by atoms with Crippen molar-refractivity contribution in [2.45, 2.75) is 78.2 Å². The molecule has 3 aliphatic carbocycles. The van der Waals surface area contributed by atoms with Gasteiger partial charge in [-0.25, -0.2) is 0 Å². The minimum Gasteiger partial charge on any atom is -0.342 e. The van der Waals surface area contributed by atoms with E-state index in [-0.39, 0.29) is 0 Å². The second kappa shape index (κ2) is 7.65. The summed E-state index contributed by atoms with van der Waals surface area (Å²) >= 11 is 6.09. The van der Waals surface area contributed by atoms with Crippen LogP contribution in [0.3, 0.4) is 0 Å². The molecule has 3 saturated carbocycles. The van der Waals surface area contributed by atoms with E-state index in [9.17, 15) is 4.79 Å². The molecule has 0 spiro atoms. The number of rotatable bonds is 2. The van der Waals surface area contributed by atoms with E-state index in [2.05, 4.69) is 50.9 Å². The first-order valence-corrected chi connectivity index (χ1v) is 12.8. The lowest BCUT2D eigenvalue weighted by molar-refractivity contribution is -0.157. The molecule has 0 aromatic heterocycles. The summed E-state index contributed by atoms with van der Waals surface area (Å²) in [5.74, 6) is 3.53. The van der Waals surface area contributed by atoms with Crippen molar-refractivity contribution in [2.24, 2.45) is 34.5 Å². The van der Waals surface area contributed by atoms with Crippen LogP contribution in [-0.2, 0) is 4.79 Å². The van der Waals surface area contributed by atoms with Crippen LogP contribution in [0.1, 0.15) is 77.7 Å². The molecule has 2 nitrogen and oxygen atoms in total. The average Bonchev–Trinajstić information content (AvgIpc) is 3.10. The Morgan fingerprint density at radius 2 is 1.71 bits per heavy atom. The quantitative estimate of drug-likeness (QED) is 0.476. The maximum absolute atomic E-state index is 12.4. The zero-order chi connectivity index (χ0) is 22.0. The summed E-state index contributed by atoms with van der Waals surface area (Å²) in [4.78, 5) is 14.5. The SMILES string of the molecule is C/C(=C\c1ccc(Cl)cc1)[C@H]1CC[C@H]2[C@@H]3CC[C@H]4N(C)C(=O)CC[C@]4(C)[C@H]3CC[C@]12C. The van der Waals surface area contributed by atoms with Crippen LogP contribution in [0.2, 0.25) is 5.02 Å². The van der Waals surface area contributed by atoms with E-state index in [0.29, 0.717) is 28.7 Å². The van der Waals surface area contributed by atoms with Crippen LogP contribution >= 0.6 is 11.6 Å². The summed E-state index contributed by atoms with van der Waals surface area (Å²) in [6.45, 7) is 7.49. The Hall–Kier alpha value is -1.28. The van der Waals surface area contributed by atoms with E-state index in [0.717, 1.165) is 35.6 Å². The average molecular weight is 440 g/mol. The number of benzene rings is 1. The molecule has 1 amide bonds. The molecule has 0 unspecified atom stereocenters. The topological polar surface area (TPSA) is 20.3 Å². The summed E-state index contributed by atoms with van der Waals surface area (Å²) in [5, 5.41) is 0.806. The molecular weight excluding hydrogens is 402 g/mol. The van der Waals surface area contributed by atoms with E-state index in [1.807, 2.05) is 12.1 Å². The molecule has 1 saturated heterocycles. The van der Waals surface area contributed by atoms with E-state index < -0.39 is 0 Å². The molecule has 0 N–H and O–H groups in total. The molecule has 168 valence electrons. The lowest BCUT2D eigenvalue weighted by Gasteiger charge is -2.62. The molecule has 3 heteroatoms. The van der Waals surface area contributed by atoms with Crippen molar-refractivity contribution < 1.29 is 4.79 Å². The third kappa shape index (κ3) is 3.31. The van der Waals surface area contributed by atoms with Gasteiger partial charge in [0, 0.05) is 24.5 Å². The summed E-state index contributed by atoms with van der Waals surface area (Å²) in [6.07, 6.45) is 12.2. The minimum absolute atomic E-state index is 0.319. The van der Waals surface area contributed by atoms with Gasteiger partial charge in [-0.1, -0.05) is 49.2 Å². The van der Waals surface area contributed by atoms with E-state index in [1.54, 1.807) is 5.57 Å². The lowest BCUT2D eigenvalue weighted by Crippen LogP contribution is -2.61. The highest BCUT2D eigenvalue weighted by Gasteiger charge is 2.61. The van der Waals surface area contributed by atoms with Crippen LogP contribution in [0.25, 0.3) is 6.08 Å². The number of allylic oxidation sites excluding steroid dienone is 1. The zero-order valence-electron chi connectivity index (χ0n) is 19.7. The van der Waals surface area contributed by atoms with Crippen LogP contribution in [0.4, 0.5) is 0 Å². The highest BCUT2D eigenvalue weighted by molar-refractivity contribution is 6.30. The van der Waals surface area contributed by atoms with Gasteiger partial charge >= 0.3 is 0 Å². The van der Waals surface area contributed by atoms with E-state index >= 15 is 0 Å². The highest BCUT2D eigenvalue weighted by Crippen LogP contribution is 2.67. The van der Waals surface area contributed by atoms with Gasteiger partial charge in [-0.05, 0) is 104 Å². The van der Waals surface area contributed by atoms with E-state index in [4.69, 9.17) is 11.6 Å². The number of amides is 1. The van der Waals surface area contributed by atoms with Crippen LogP contribution in [-0.4, -0.2) is 23.9 Å². The number of fused-ring (bicyclic) bond motifs is 5. The number of piperidine rings is 1. The first-order valence-electron chi connectivity index (χ1n) is 12.4. The maximum Gasteiger partial charge on any atom is 0.222 e. The summed E-state index contributed by atoms with van der Waals surface area (Å²) in [5.41, 5.74) is 3.56. The number of halogens is 1. The molecule has 31 heavy (non-hydrogen) atoms. The van der Waals surface area contributed by atoms with Gasteiger partial charge in [0.05, 0.1) is 0 Å². The number of hydrogen-bond donors (Lipinski definition) is 0. The van der Waals surface area contributed by atoms with Crippen molar-refractivity contribution in [3.05, 3.63) is 40.4 Å². The molecule has 5 rings (SSSR count). The standard InChI is InChI=1S/C28H38ClNO/c1-18(17-19-5-7-20(29)8-6-19)22-10-11-23-21-9-12-25-28(3,16-14-26(31)30(25)4)24(21)13-15-27(22,23)2/h5-8,17,21-25H,9-16H2,1-4H3/b18-17+/t21-,22+,23-,24-,25+,27+,28+/m0/s1. The molecule has 1 heterocycles. The Kier molecular flexibility index (Phi) is 5.32. The monoisotopic (exact) mass is 439 g/mol. The Balaban J connectivity index is 1.39.